The van der Waals surface area contributed by atoms with Gasteiger partial charge in [-0.1, -0.05) is 61.8 Å². The van der Waals surface area contributed by atoms with Crippen molar-refractivity contribution in [2.24, 2.45) is 0 Å². The number of halogens is 1. The minimum Gasteiger partial charge on any atom is -0.0928 e. The van der Waals surface area contributed by atoms with Crippen LogP contribution in [0.25, 0.3) is 0 Å². The molecular formula is C15H23Br. The van der Waals surface area contributed by atoms with Gasteiger partial charge < -0.3 is 0 Å². The Morgan fingerprint density at radius 3 is 2.38 bits per heavy atom. The highest BCUT2D eigenvalue weighted by Gasteiger charge is 2.16. The smallest absolute Gasteiger partial charge is 0.00370 e. The minimum atomic E-state index is 0.247. The lowest BCUT2D eigenvalue weighted by molar-refractivity contribution is 0.587. The van der Waals surface area contributed by atoms with E-state index in [1.54, 1.807) is 0 Å². The van der Waals surface area contributed by atoms with Crippen molar-refractivity contribution >= 4 is 15.9 Å². The van der Waals surface area contributed by atoms with Crippen molar-refractivity contribution in [1.82, 2.24) is 0 Å². The standard InChI is InChI=1S/C15H23Br/c1-11-6-7-13(15(3,4)5)10-14(11)12(2)8-9-16/h6-7,10,12H,8-9H2,1-5H3. The number of benzene rings is 1. The van der Waals surface area contributed by atoms with Crippen LogP contribution in [0.2, 0.25) is 0 Å². The van der Waals surface area contributed by atoms with Crippen LogP contribution in [0.15, 0.2) is 18.2 Å². The molecule has 0 aliphatic heterocycles. The SMILES string of the molecule is Cc1ccc(C(C)(C)C)cc1C(C)CCBr. The van der Waals surface area contributed by atoms with Gasteiger partial charge >= 0.3 is 0 Å². The molecule has 1 rings (SSSR count). The van der Waals surface area contributed by atoms with E-state index in [1.165, 1.54) is 23.1 Å². The molecule has 0 aromatic heterocycles. The summed E-state index contributed by atoms with van der Waals surface area (Å²) in [6.07, 6.45) is 1.20. The summed E-state index contributed by atoms with van der Waals surface area (Å²) in [6.45, 7) is 11.4. The Morgan fingerprint density at radius 2 is 1.88 bits per heavy atom. The molecule has 0 aliphatic rings. The molecule has 0 fully saturated rings. The largest absolute Gasteiger partial charge is 0.0928 e. The van der Waals surface area contributed by atoms with E-state index in [9.17, 15) is 0 Å². The highest BCUT2D eigenvalue weighted by atomic mass is 79.9. The van der Waals surface area contributed by atoms with Crippen molar-refractivity contribution in [2.45, 2.75) is 52.4 Å². The van der Waals surface area contributed by atoms with Crippen molar-refractivity contribution in [3.63, 3.8) is 0 Å². The molecule has 0 heterocycles. The molecule has 0 aliphatic carbocycles. The van der Waals surface area contributed by atoms with Crippen molar-refractivity contribution in [1.29, 1.82) is 0 Å². The van der Waals surface area contributed by atoms with Crippen LogP contribution in [0.5, 0.6) is 0 Å². The lowest BCUT2D eigenvalue weighted by Gasteiger charge is -2.22. The molecule has 0 spiro atoms. The van der Waals surface area contributed by atoms with Crippen LogP contribution in [-0.2, 0) is 5.41 Å². The maximum Gasteiger partial charge on any atom is 0.00370 e. The highest BCUT2D eigenvalue weighted by molar-refractivity contribution is 9.09. The van der Waals surface area contributed by atoms with Crippen LogP contribution < -0.4 is 0 Å². The first-order valence-electron chi connectivity index (χ1n) is 6.03. The molecule has 90 valence electrons. The van der Waals surface area contributed by atoms with Gasteiger partial charge in [0.05, 0.1) is 0 Å². The number of rotatable bonds is 3. The van der Waals surface area contributed by atoms with Crippen LogP contribution in [-0.4, -0.2) is 5.33 Å². The summed E-state index contributed by atoms with van der Waals surface area (Å²) >= 11 is 3.53. The fraction of sp³-hybridized carbons (Fsp3) is 0.600. The van der Waals surface area contributed by atoms with Crippen molar-refractivity contribution in [3.05, 3.63) is 34.9 Å². The lowest BCUT2D eigenvalue weighted by Crippen LogP contribution is -2.12. The van der Waals surface area contributed by atoms with Crippen molar-refractivity contribution in [3.8, 4) is 0 Å². The number of hydrogen-bond donors (Lipinski definition) is 0. The molecule has 0 radical (unpaired) electrons. The average Bonchev–Trinajstić information content (AvgIpc) is 2.16. The normalized spacial score (nSPS) is 13.9. The zero-order valence-corrected chi connectivity index (χ0v) is 12.7. The number of aryl methyl sites for hydroxylation is 1. The molecule has 0 saturated carbocycles. The quantitative estimate of drug-likeness (QED) is 0.670. The Morgan fingerprint density at radius 1 is 1.25 bits per heavy atom. The maximum atomic E-state index is 3.53. The van der Waals surface area contributed by atoms with Gasteiger partial charge in [-0.05, 0) is 41.4 Å². The maximum absolute atomic E-state index is 3.53. The van der Waals surface area contributed by atoms with Crippen molar-refractivity contribution < 1.29 is 0 Å². The van der Waals surface area contributed by atoms with Gasteiger partial charge in [-0.15, -0.1) is 0 Å². The second-order valence-corrected chi connectivity index (χ2v) is 6.49. The molecule has 1 unspecified atom stereocenters. The van der Waals surface area contributed by atoms with Gasteiger partial charge in [0, 0.05) is 5.33 Å². The van der Waals surface area contributed by atoms with E-state index in [0.717, 1.165) is 5.33 Å². The Bertz CT molecular complexity index is 347. The molecule has 0 amide bonds. The molecule has 1 aromatic carbocycles. The topological polar surface area (TPSA) is 0 Å². The van der Waals surface area contributed by atoms with Gasteiger partial charge in [0.25, 0.3) is 0 Å². The predicted molar refractivity (Wildman–Crippen MR) is 76.7 cm³/mol. The second-order valence-electron chi connectivity index (χ2n) is 5.70. The molecule has 0 nitrogen and oxygen atoms in total. The monoisotopic (exact) mass is 282 g/mol. The third-order valence-corrected chi connectivity index (χ3v) is 3.68. The van der Waals surface area contributed by atoms with E-state index in [1.807, 2.05) is 0 Å². The van der Waals surface area contributed by atoms with Crippen LogP contribution in [0.3, 0.4) is 0 Å². The van der Waals surface area contributed by atoms with Gasteiger partial charge in [0.15, 0.2) is 0 Å². The Labute approximate surface area is 109 Å². The molecular weight excluding hydrogens is 260 g/mol. The van der Waals surface area contributed by atoms with Gasteiger partial charge in [-0.25, -0.2) is 0 Å². The van der Waals surface area contributed by atoms with E-state index in [4.69, 9.17) is 0 Å². The Hall–Kier alpha value is -0.300. The van der Waals surface area contributed by atoms with Crippen molar-refractivity contribution in [2.75, 3.05) is 5.33 Å². The van der Waals surface area contributed by atoms with Crippen LogP contribution in [0, 0.1) is 6.92 Å². The third kappa shape index (κ3) is 3.35. The Kier molecular flexibility index (Phi) is 4.61. The minimum absolute atomic E-state index is 0.247. The molecule has 0 N–H and O–H groups in total. The summed E-state index contributed by atoms with van der Waals surface area (Å²) in [6, 6.07) is 6.92. The molecule has 1 atom stereocenters. The summed E-state index contributed by atoms with van der Waals surface area (Å²) in [5.74, 6) is 0.640. The van der Waals surface area contributed by atoms with E-state index >= 15 is 0 Å². The van der Waals surface area contributed by atoms with Gasteiger partial charge in [-0.2, -0.15) is 0 Å². The third-order valence-electron chi connectivity index (χ3n) is 3.22. The van der Waals surface area contributed by atoms with Gasteiger partial charge in [-0.3, -0.25) is 0 Å². The summed E-state index contributed by atoms with van der Waals surface area (Å²) in [5.41, 5.74) is 4.61. The van der Waals surface area contributed by atoms with Crippen LogP contribution in [0.4, 0.5) is 0 Å². The van der Waals surface area contributed by atoms with Gasteiger partial charge in [0.2, 0.25) is 0 Å². The molecule has 0 saturated heterocycles. The molecule has 1 heteroatoms. The number of alkyl halides is 1. The van der Waals surface area contributed by atoms with E-state index < -0.39 is 0 Å². The second kappa shape index (κ2) is 5.35. The highest BCUT2D eigenvalue weighted by Crippen LogP contribution is 2.29. The lowest BCUT2D eigenvalue weighted by atomic mass is 9.83. The fourth-order valence-electron chi connectivity index (χ4n) is 1.96. The predicted octanol–water partition coefficient (Wildman–Crippen LogP) is 5.18. The summed E-state index contributed by atoms with van der Waals surface area (Å²) in [7, 11) is 0. The van der Waals surface area contributed by atoms with Crippen LogP contribution >= 0.6 is 15.9 Å². The zero-order valence-electron chi connectivity index (χ0n) is 11.1. The fourth-order valence-corrected chi connectivity index (χ4v) is 2.64. The van der Waals surface area contributed by atoms with E-state index in [0.29, 0.717) is 5.92 Å². The van der Waals surface area contributed by atoms with E-state index in [2.05, 4.69) is 68.7 Å². The average molecular weight is 283 g/mol. The first-order chi connectivity index (χ1) is 7.36. The molecule has 1 aromatic rings. The summed E-state index contributed by atoms with van der Waals surface area (Å²) in [5, 5.41) is 1.08. The first-order valence-corrected chi connectivity index (χ1v) is 7.15. The summed E-state index contributed by atoms with van der Waals surface area (Å²) in [4.78, 5) is 0. The Balaban J connectivity index is 3.09. The summed E-state index contributed by atoms with van der Waals surface area (Å²) < 4.78 is 0. The van der Waals surface area contributed by atoms with E-state index in [-0.39, 0.29) is 5.41 Å². The zero-order chi connectivity index (χ0) is 12.3. The van der Waals surface area contributed by atoms with Gasteiger partial charge in [0.1, 0.15) is 0 Å². The first kappa shape index (κ1) is 13.8. The van der Waals surface area contributed by atoms with Crippen LogP contribution in [0.1, 0.15) is 56.7 Å². The molecule has 16 heavy (non-hydrogen) atoms. The molecule has 0 bridgehead atoms. The number of hydrogen-bond acceptors (Lipinski definition) is 0.